The normalized spacial score (nSPS) is 15.2. The number of pyridine rings is 1. The summed E-state index contributed by atoms with van der Waals surface area (Å²) in [5.41, 5.74) is 16.4. The molecular weight excluding hydrogens is 735 g/mol. The number of aldehydes is 1. The number of unbranched alkanes of at least 4 members (excludes halogenated alkanes) is 1. The quantitative estimate of drug-likeness (QED) is 0.0469. The molecule has 0 bridgehead atoms. The first-order valence-corrected chi connectivity index (χ1v) is 19.8. The molecule has 7 N–H and O–H groups in total. The number of hydrogen-bond acceptors (Lipinski definition) is 11. The number of imidazole rings is 1. The van der Waals surface area contributed by atoms with Gasteiger partial charge < -0.3 is 36.8 Å². The van der Waals surface area contributed by atoms with E-state index in [0.717, 1.165) is 69.3 Å². The van der Waals surface area contributed by atoms with Crippen LogP contribution in [0.2, 0.25) is 0 Å². The van der Waals surface area contributed by atoms with Crippen molar-refractivity contribution in [3.63, 3.8) is 0 Å². The predicted molar refractivity (Wildman–Crippen MR) is 216 cm³/mol. The summed E-state index contributed by atoms with van der Waals surface area (Å²) in [6, 6.07) is 14.1. The molecule has 15 nitrogen and oxygen atoms in total. The van der Waals surface area contributed by atoms with Crippen molar-refractivity contribution in [3.05, 3.63) is 78.1 Å². The fourth-order valence-corrected chi connectivity index (χ4v) is 7.58. The van der Waals surface area contributed by atoms with Crippen LogP contribution in [0.25, 0.3) is 21.9 Å². The fraction of sp³-hybridized carbons (Fsp3) is 0.400. The van der Waals surface area contributed by atoms with Crippen LogP contribution in [-0.4, -0.2) is 91.4 Å². The van der Waals surface area contributed by atoms with Gasteiger partial charge in [0.2, 0.25) is 29.5 Å². The van der Waals surface area contributed by atoms with Gasteiger partial charge in [0.1, 0.15) is 23.7 Å². The van der Waals surface area contributed by atoms with Crippen molar-refractivity contribution in [1.82, 2.24) is 35.4 Å². The molecule has 3 heterocycles. The number of carbonyl (C=O) groups is 6. The number of anilines is 1. The second kappa shape index (κ2) is 19.8. The molecule has 5 rings (SSSR count). The summed E-state index contributed by atoms with van der Waals surface area (Å²) in [7, 11) is 0. The van der Waals surface area contributed by atoms with Crippen LogP contribution in [0.1, 0.15) is 62.4 Å². The van der Waals surface area contributed by atoms with E-state index in [1.807, 2.05) is 48.5 Å². The molecule has 296 valence electrons. The summed E-state index contributed by atoms with van der Waals surface area (Å²) >= 11 is 1.08. The monoisotopic (exact) mass is 783 g/mol. The van der Waals surface area contributed by atoms with Gasteiger partial charge in [-0.25, -0.2) is 9.97 Å². The average molecular weight is 784 g/mol. The van der Waals surface area contributed by atoms with Gasteiger partial charge in [0.15, 0.2) is 5.82 Å². The lowest BCUT2D eigenvalue weighted by atomic mass is 10.1. The van der Waals surface area contributed by atoms with Crippen molar-refractivity contribution in [2.75, 3.05) is 24.6 Å². The summed E-state index contributed by atoms with van der Waals surface area (Å²) in [5, 5.41) is 8.34. The highest BCUT2D eigenvalue weighted by Gasteiger charge is 2.39. The van der Waals surface area contributed by atoms with Crippen molar-refractivity contribution in [1.29, 1.82) is 0 Å². The summed E-state index contributed by atoms with van der Waals surface area (Å²) < 4.78 is 2.22. The fourth-order valence-electron chi connectivity index (χ4n) is 6.39. The summed E-state index contributed by atoms with van der Waals surface area (Å²) in [6.45, 7) is 6.66. The Balaban J connectivity index is 1.13. The van der Waals surface area contributed by atoms with Crippen molar-refractivity contribution in [2.45, 2.75) is 82.3 Å². The minimum Gasteiger partial charge on any atom is -0.382 e. The molecular formula is C40H49N9O6S. The Morgan fingerprint density at radius 2 is 1.79 bits per heavy atom. The highest BCUT2D eigenvalue weighted by atomic mass is 32.2. The van der Waals surface area contributed by atoms with E-state index in [-0.39, 0.29) is 57.0 Å². The van der Waals surface area contributed by atoms with E-state index in [9.17, 15) is 28.8 Å². The zero-order chi connectivity index (χ0) is 40.2. The number of rotatable bonds is 21. The first-order valence-electron chi connectivity index (χ1n) is 18.7. The minimum absolute atomic E-state index is 0.0210. The molecule has 0 saturated carbocycles. The SMILES string of the molecule is C=CCNC(=O)[C@@H](CSC1CC(=O)N(CCC(=O)NCc2ccc(Cn3c(CCCC)nc4c(N)nc5ccccc5c43)cc2)C1=O)NC(=O)CC[C@@H](N)C=O. The first kappa shape index (κ1) is 41.6. The summed E-state index contributed by atoms with van der Waals surface area (Å²) in [4.78, 5) is 85.3. The van der Waals surface area contributed by atoms with E-state index in [4.69, 9.17) is 16.5 Å². The van der Waals surface area contributed by atoms with E-state index < -0.39 is 41.0 Å². The molecule has 1 saturated heterocycles. The number of imide groups is 1. The van der Waals surface area contributed by atoms with Crippen LogP contribution < -0.4 is 27.4 Å². The van der Waals surface area contributed by atoms with E-state index in [1.54, 1.807) is 0 Å². The number of nitrogens with zero attached hydrogens (tertiary/aromatic N) is 4. The van der Waals surface area contributed by atoms with Gasteiger partial charge in [-0.15, -0.1) is 18.3 Å². The first-order chi connectivity index (χ1) is 27.0. The van der Waals surface area contributed by atoms with Gasteiger partial charge in [-0.2, -0.15) is 0 Å². The van der Waals surface area contributed by atoms with Crippen LogP contribution >= 0.6 is 11.8 Å². The number of aryl methyl sites for hydroxylation is 1. The number of likely N-dealkylation sites (tertiary alicyclic amines) is 1. The number of fused-ring (bicyclic) bond motifs is 3. The van der Waals surface area contributed by atoms with Gasteiger partial charge in [0.05, 0.1) is 22.3 Å². The van der Waals surface area contributed by atoms with E-state index in [1.165, 1.54) is 6.08 Å². The molecule has 2 aromatic carbocycles. The number of hydrogen-bond donors (Lipinski definition) is 5. The third kappa shape index (κ3) is 10.6. The molecule has 4 aromatic rings. The highest BCUT2D eigenvalue weighted by molar-refractivity contribution is 8.00. The maximum Gasteiger partial charge on any atom is 0.243 e. The number of thioether (sulfide) groups is 1. The molecule has 1 unspecified atom stereocenters. The topological polar surface area (TPSA) is 224 Å². The molecule has 0 spiro atoms. The maximum atomic E-state index is 13.2. The summed E-state index contributed by atoms with van der Waals surface area (Å²) in [5.74, 6) is -0.749. The molecule has 1 fully saturated rings. The molecule has 2 aromatic heterocycles. The zero-order valence-electron chi connectivity index (χ0n) is 31.5. The lowest BCUT2D eigenvalue weighted by Gasteiger charge is -2.20. The second-order valence-corrected chi connectivity index (χ2v) is 14.9. The highest BCUT2D eigenvalue weighted by Crippen LogP contribution is 2.30. The largest absolute Gasteiger partial charge is 0.382 e. The molecule has 56 heavy (non-hydrogen) atoms. The number of amides is 5. The Hall–Kier alpha value is -5.61. The maximum absolute atomic E-state index is 13.2. The van der Waals surface area contributed by atoms with E-state index in [2.05, 4.69) is 39.0 Å². The average Bonchev–Trinajstić information content (AvgIpc) is 3.70. The molecule has 1 aliphatic rings. The van der Waals surface area contributed by atoms with Crippen molar-refractivity contribution in [3.8, 4) is 0 Å². The van der Waals surface area contributed by atoms with Gasteiger partial charge in [-0.1, -0.05) is 61.9 Å². The second-order valence-electron chi connectivity index (χ2n) is 13.7. The van der Waals surface area contributed by atoms with Crippen LogP contribution in [0.3, 0.4) is 0 Å². The number of nitrogen functional groups attached to an aromatic ring is 1. The lowest BCUT2D eigenvalue weighted by Crippen LogP contribution is -2.49. The van der Waals surface area contributed by atoms with Gasteiger partial charge in [0.25, 0.3) is 0 Å². The number of carbonyl (C=O) groups excluding carboxylic acids is 6. The molecule has 16 heteroatoms. The van der Waals surface area contributed by atoms with Gasteiger partial charge >= 0.3 is 0 Å². The minimum atomic E-state index is -0.997. The number of benzene rings is 2. The van der Waals surface area contributed by atoms with Gasteiger partial charge in [-0.3, -0.25) is 28.9 Å². The Kier molecular flexibility index (Phi) is 14.7. The molecule has 1 aliphatic heterocycles. The van der Waals surface area contributed by atoms with Crippen LogP contribution in [-0.2, 0) is 48.3 Å². The van der Waals surface area contributed by atoms with Crippen LogP contribution in [0, 0.1) is 0 Å². The Morgan fingerprint density at radius 1 is 1.04 bits per heavy atom. The standard InChI is InChI=1S/C40H49N9O6S/c1-3-5-10-32-47-36-37(28-8-6-7-9-29(28)46-38(36)42)49(32)22-26-13-11-25(12-14-26)21-44-33(51)17-19-48-35(53)20-31(40(48)55)56-24-30(39(54)43-18-4-2)45-34(52)16-15-27(41)23-50/h4,6-9,11-14,23,27,30-31H,2-3,5,10,15-22,24,41H2,1H3,(H2,42,46)(H,43,54)(H,44,51)(H,45,52)/t27-,30-,31?/m1/s1. The van der Waals surface area contributed by atoms with Crippen molar-refractivity contribution >= 4 is 75.3 Å². The predicted octanol–water partition coefficient (Wildman–Crippen LogP) is 2.52. The van der Waals surface area contributed by atoms with Crippen molar-refractivity contribution < 1.29 is 28.8 Å². The number of aromatic nitrogens is 3. The Labute approximate surface area is 329 Å². The Bertz CT molecular complexity index is 2090. The third-order valence-corrected chi connectivity index (χ3v) is 10.8. The molecule has 0 aliphatic carbocycles. The lowest BCUT2D eigenvalue weighted by molar-refractivity contribution is -0.138. The number of nitrogens with two attached hydrogens (primary N) is 2. The smallest absolute Gasteiger partial charge is 0.243 e. The van der Waals surface area contributed by atoms with Gasteiger partial charge in [-0.05, 0) is 30.0 Å². The van der Waals surface area contributed by atoms with E-state index in [0.29, 0.717) is 24.2 Å². The van der Waals surface area contributed by atoms with Crippen molar-refractivity contribution in [2.24, 2.45) is 5.73 Å². The van der Waals surface area contributed by atoms with Crippen LogP contribution in [0.4, 0.5) is 5.82 Å². The van der Waals surface area contributed by atoms with Gasteiger partial charge in [0, 0.05) is 63.0 Å². The zero-order valence-corrected chi connectivity index (χ0v) is 32.3. The number of nitrogens with one attached hydrogen (secondary N) is 3. The Morgan fingerprint density at radius 3 is 2.52 bits per heavy atom. The summed E-state index contributed by atoms with van der Waals surface area (Å²) in [6.07, 6.45) is 4.77. The van der Waals surface area contributed by atoms with E-state index >= 15 is 0 Å². The van der Waals surface area contributed by atoms with Crippen LogP contribution in [0.15, 0.2) is 61.2 Å². The number of para-hydroxylation sites is 1. The molecule has 3 atom stereocenters. The third-order valence-electron chi connectivity index (χ3n) is 9.48. The molecule has 0 radical (unpaired) electrons. The molecule has 5 amide bonds. The van der Waals surface area contributed by atoms with Crippen LogP contribution in [0.5, 0.6) is 0 Å².